The minimum atomic E-state index is -4.39. The predicted molar refractivity (Wildman–Crippen MR) is 108 cm³/mol. The van der Waals surface area contributed by atoms with Crippen LogP contribution in [0.1, 0.15) is 5.56 Å². The van der Waals surface area contributed by atoms with Crippen LogP contribution >= 0.6 is 0 Å². The summed E-state index contributed by atoms with van der Waals surface area (Å²) in [7, 11) is 2.16. The van der Waals surface area contributed by atoms with E-state index in [0.29, 0.717) is 28.3 Å². The number of amides is 1. The fraction of sp³-hybridized carbons (Fsp3) is 0.174. The van der Waals surface area contributed by atoms with E-state index in [-0.39, 0.29) is 0 Å². The molecule has 0 N–H and O–H groups in total. The molecule has 3 aromatic carbocycles. The van der Waals surface area contributed by atoms with E-state index >= 15 is 0 Å². The molecule has 0 atom stereocenters. The second kappa shape index (κ2) is 8.67. The molecule has 4 rings (SSSR count). The summed E-state index contributed by atoms with van der Waals surface area (Å²) in [6, 6.07) is 6.82. The molecular weight excluding hydrogens is 487 g/mol. The number of hydrogen-bond donors (Lipinski definition) is 0. The second-order valence-electron chi connectivity index (χ2n) is 7.32. The van der Waals surface area contributed by atoms with Crippen LogP contribution in [0.5, 0.6) is 17.2 Å². The fourth-order valence-electron chi connectivity index (χ4n) is 3.57. The molecule has 0 aromatic heterocycles. The number of fused-ring (bicyclic) bond motifs is 1. The molecule has 35 heavy (non-hydrogen) atoms. The van der Waals surface area contributed by atoms with Crippen LogP contribution in [0.15, 0.2) is 36.4 Å². The van der Waals surface area contributed by atoms with Crippen molar-refractivity contribution in [3.8, 4) is 28.4 Å². The lowest BCUT2D eigenvalue weighted by molar-refractivity contribution is -0.193. The molecular formula is C23H14F7NO4. The first kappa shape index (κ1) is 24.2. The van der Waals surface area contributed by atoms with Crippen molar-refractivity contribution in [3.63, 3.8) is 0 Å². The number of ether oxygens (including phenoxy) is 3. The van der Waals surface area contributed by atoms with Crippen molar-refractivity contribution < 1.29 is 49.7 Å². The Hall–Kier alpha value is -3.96. The fourth-order valence-corrected chi connectivity index (χ4v) is 3.57. The molecule has 184 valence electrons. The first-order valence-corrected chi connectivity index (χ1v) is 9.75. The molecule has 5 nitrogen and oxygen atoms in total. The SMILES string of the molecule is COc1ccc(CN2C(=O)C(F)(F)Oc3cc(F)c(-c4c(F)c(F)c(OC)c(F)c4F)cc32)cc1. The Kier molecular flexibility index (Phi) is 5.99. The Morgan fingerprint density at radius 1 is 0.886 bits per heavy atom. The van der Waals surface area contributed by atoms with Crippen molar-refractivity contribution in [3.05, 3.63) is 71.0 Å². The minimum absolute atomic E-state index is 0.326. The third-order valence-electron chi connectivity index (χ3n) is 5.27. The van der Waals surface area contributed by atoms with E-state index in [4.69, 9.17) is 4.74 Å². The number of rotatable bonds is 5. The van der Waals surface area contributed by atoms with Crippen molar-refractivity contribution in [2.75, 3.05) is 19.1 Å². The molecule has 3 aromatic rings. The van der Waals surface area contributed by atoms with Crippen LogP contribution in [0.2, 0.25) is 0 Å². The van der Waals surface area contributed by atoms with Gasteiger partial charge in [0.25, 0.3) is 0 Å². The van der Waals surface area contributed by atoms with Gasteiger partial charge in [0.1, 0.15) is 11.6 Å². The monoisotopic (exact) mass is 501 g/mol. The van der Waals surface area contributed by atoms with E-state index < -0.39 is 76.0 Å². The summed E-state index contributed by atoms with van der Waals surface area (Å²) in [5.74, 6) is -13.0. The van der Waals surface area contributed by atoms with Gasteiger partial charge in [0.2, 0.25) is 11.6 Å². The van der Waals surface area contributed by atoms with Gasteiger partial charge in [0, 0.05) is 11.6 Å². The number of carbonyl (C=O) groups excluding carboxylic acids is 1. The summed E-state index contributed by atoms with van der Waals surface area (Å²) in [5.41, 5.74) is -2.69. The Morgan fingerprint density at radius 3 is 2.03 bits per heavy atom. The Balaban J connectivity index is 1.90. The number of alkyl halides is 2. The van der Waals surface area contributed by atoms with Crippen LogP contribution in [0, 0.1) is 29.1 Å². The molecule has 0 saturated carbocycles. The third kappa shape index (κ3) is 3.98. The van der Waals surface area contributed by atoms with E-state index in [1.165, 1.54) is 31.4 Å². The van der Waals surface area contributed by atoms with Gasteiger partial charge in [-0.25, -0.2) is 13.2 Å². The van der Waals surface area contributed by atoms with Crippen molar-refractivity contribution in [2.24, 2.45) is 0 Å². The number of nitrogens with zero attached hydrogens (tertiary/aromatic N) is 1. The van der Waals surface area contributed by atoms with Gasteiger partial charge in [0.05, 0.1) is 32.0 Å². The lowest BCUT2D eigenvalue weighted by atomic mass is 10.00. The Bertz CT molecular complexity index is 1300. The summed E-state index contributed by atoms with van der Waals surface area (Å²) in [6.45, 7) is -0.490. The predicted octanol–water partition coefficient (Wildman–Crippen LogP) is 5.58. The highest BCUT2D eigenvalue weighted by atomic mass is 19.3. The van der Waals surface area contributed by atoms with Gasteiger partial charge in [-0.1, -0.05) is 12.1 Å². The number of methoxy groups -OCH3 is 2. The standard InChI is InChI=1S/C23H14F7NO4/c1-33-11-5-3-10(4-6-11)9-31-14-7-12(13(24)8-15(14)35-23(29,30)22(31)32)16-17(25)19(27)21(34-2)20(28)18(16)26/h3-8H,9H2,1-2H3. The Morgan fingerprint density at radius 2 is 1.49 bits per heavy atom. The molecule has 12 heteroatoms. The molecule has 0 aliphatic carbocycles. The third-order valence-corrected chi connectivity index (χ3v) is 5.27. The molecule has 0 radical (unpaired) electrons. The quantitative estimate of drug-likeness (QED) is 0.338. The van der Waals surface area contributed by atoms with E-state index in [9.17, 15) is 35.5 Å². The highest BCUT2D eigenvalue weighted by molar-refractivity contribution is 6.01. The summed E-state index contributed by atoms with van der Waals surface area (Å²) in [5, 5.41) is 0. The van der Waals surface area contributed by atoms with Crippen LogP contribution in [-0.4, -0.2) is 26.2 Å². The first-order valence-electron chi connectivity index (χ1n) is 9.75. The maximum Gasteiger partial charge on any atom is 0.482 e. The lowest BCUT2D eigenvalue weighted by Crippen LogP contribution is -2.50. The number of benzene rings is 3. The zero-order valence-electron chi connectivity index (χ0n) is 17.9. The van der Waals surface area contributed by atoms with Gasteiger partial charge in [-0.15, -0.1) is 0 Å². The Labute approximate surface area is 193 Å². The number of hydrogen-bond acceptors (Lipinski definition) is 4. The molecule has 0 fully saturated rings. The molecule has 1 heterocycles. The maximum atomic E-state index is 14.8. The number of halogens is 7. The smallest absolute Gasteiger partial charge is 0.482 e. The van der Waals surface area contributed by atoms with E-state index in [2.05, 4.69) is 9.47 Å². The van der Waals surface area contributed by atoms with Crippen molar-refractivity contribution in [1.29, 1.82) is 0 Å². The average Bonchev–Trinajstić information content (AvgIpc) is 2.82. The molecule has 0 unspecified atom stereocenters. The molecule has 1 aliphatic heterocycles. The van der Waals surface area contributed by atoms with E-state index in [1.54, 1.807) is 0 Å². The summed E-state index contributed by atoms with van der Waals surface area (Å²) in [6.07, 6.45) is -4.39. The van der Waals surface area contributed by atoms with E-state index in [1.807, 2.05) is 0 Å². The van der Waals surface area contributed by atoms with Crippen molar-refractivity contribution in [2.45, 2.75) is 12.7 Å². The van der Waals surface area contributed by atoms with Crippen LogP contribution in [-0.2, 0) is 11.3 Å². The molecule has 1 aliphatic rings. The van der Waals surface area contributed by atoms with E-state index in [0.717, 1.165) is 7.11 Å². The number of carbonyl (C=O) groups is 1. The minimum Gasteiger partial charge on any atom is -0.497 e. The summed E-state index contributed by atoms with van der Waals surface area (Å²) >= 11 is 0. The normalized spacial score (nSPS) is 14.4. The average molecular weight is 501 g/mol. The maximum absolute atomic E-state index is 14.8. The zero-order valence-corrected chi connectivity index (χ0v) is 17.9. The van der Waals surface area contributed by atoms with Gasteiger partial charge in [-0.3, -0.25) is 9.69 Å². The van der Waals surface area contributed by atoms with Crippen LogP contribution < -0.4 is 19.1 Å². The molecule has 0 bridgehead atoms. The lowest BCUT2D eigenvalue weighted by Gasteiger charge is -2.34. The number of anilines is 1. The summed E-state index contributed by atoms with van der Waals surface area (Å²) in [4.78, 5) is 12.9. The van der Waals surface area contributed by atoms with Crippen LogP contribution in [0.3, 0.4) is 0 Å². The van der Waals surface area contributed by atoms with Crippen LogP contribution in [0.25, 0.3) is 11.1 Å². The van der Waals surface area contributed by atoms with Gasteiger partial charge in [-0.05, 0) is 23.8 Å². The van der Waals surface area contributed by atoms with Gasteiger partial charge < -0.3 is 14.2 Å². The van der Waals surface area contributed by atoms with Crippen molar-refractivity contribution in [1.82, 2.24) is 0 Å². The van der Waals surface area contributed by atoms with Gasteiger partial charge >= 0.3 is 12.0 Å². The molecule has 0 spiro atoms. The van der Waals surface area contributed by atoms with Crippen molar-refractivity contribution >= 4 is 11.6 Å². The highest BCUT2D eigenvalue weighted by Crippen LogP contribution is 2.45. The second-order valence-corrected chi connectivity index (χ2v) is 7.32. The van der Waals surface area contributed by atoms with Gasteiger partial charge in [0.15, 0.2) is 23.1 Å². The largest absolute Gasteiger partial charge is 0.497 e. The topological polar surface area (TPSA) is 48.0 Å². The first-order chi connectivity index (χ1) is 16.5. The molecule has 1 amide bonds. The molecule has 0 saturated heterocycles. The zero-order chi connectivity index (χ0) is 25.7. The highest BCUT2D eigenvalue weighted by Gasteiger charge is 2.51. The summed E-state index contributed by atoms with van der Waals surface area (Å²) < 4.78 is 115. The van der Waals surface area contributed by atoms with Crippen LogP contribution in [0.4, 0.5) is 36.4 Å². The van der Waals surface area contributed by atoms with Gasteiger partial charge in [-0.2, -0.15) is 17.6 Å².